The smallest absolute Gasteiger partial charge is 0.408 e. The molecule has 0 aliphatic rings. The molecular formula is C19H15ClN4O4. The Hall–Kier alpha value is -3.39. The van der Waals surface area contributed by atoms with E-state index in [0.29, 0.717) is 22.7 Å². The highest BCUT2D eigenvalue weighted by Crippen LogP contribution is 2.19. The molecule has 0 radical (unpaired) electrons. The van der Waals surface area contributed by atoms with Crippen molar-refractivity contribution in [3.63, 3.8) is 0 Å². The molecule has 2 aromatic heterocycles. The fourth-order valence-electron chi connectivity index (χ4n) is 2.82. The first-order valence-electron chi connectivity index (χ1n) is 8.45. The van der Waals surface area contributed by atoms with Gasteiger partial charge in [0.05, 0.1) is 12.1 Å². The largest absolute Gasteiger partial charge is 0.420 e. The summed E-state index contributed by atoms with van der Waals surface area (Å²) in [5, 5.41) is 6.96. The average molecular weight is 399 g/mol. The van der Waals surface area contributed by atoms with E-state index in [1.807, 2.05) is 31.2 Å². The van der Waals surface area contributed by atoms with Crippen LogP contribution in [0.1, 0.15) is 27.6 Å². The van der Waals surface area contributed by atoms with Crippen molar-refractivity contribution in [2.45, 2.75) is 20.0 Å². The summed E-state index contributed by atoms with van der Waals surface area (Å²) >= 11 is 5.98. The monoisotopic (exact) mass is 398 g/mol. The van der Waals surface area contributed by atoms with Crippen LogP contribution in [-0.4, -0.2) is 20.6 Å². The molecular weight excluding hydrogens is 384 g/mol. The number of hydrogen-bond acceptors (Lipinski definition) is 6. The number of nitrogens with zero attached hydrogens (tertiary/aromatic N) is 3. The highest BCUT2D eigenvalue weighted by Gasteiger charge is 2.17. The molecule has 0 aliphatic heterocycles. The lowest BCUT2D eigenvalue weighted by Gasteiger charge is -2.03. The average Bonchev–Trinajstić information content (AvgIpc) is 3.25. The minimum absolute atomic E-state index is 0.0131. The predicted molar refractivity (Wildman–Crippen MR) is 101 cm³/mol. The van der Waals surface area contributed by atoms with E-state index in [2.05, 4.69) is 15.5 Å². The molecule has 2 heterocycles. The SMILES string of the molecule is Cc1cccc(CNC(=O)c2nc(Cn3c(=O)oc4ccc(Cl)cc43)no2)c1. The van der Waals surface area contributed by atoms with E-state index < -0.39 is 11.7 Å². The fourth-order valence-corrected chi connectivity index (χ4v) is 2.98. The number of halogens is 1. The zero-order chi connectivity index (χ0) is 19.7. The summed E-state index contributed by atoms with van der Waals surface area (Å²) < 4.78 is 11.5. The molecule has 8 nitrogen and oxygen atoms in total. The maximum atomic E-state index is 12.2. The van der Waals surface area contributed by atoms with E-state index in [1.165, 1.54) is 4.57 Å². The zero-order valence-electron chi connectivity index (χ0n) is 14.8. The first kappa shape index (κ1) is 18.0. The third-order valence-electron chi connectivity index (χ3n) is 4.13. The van der Waals surface area contributed by atoms with Crippen LogP contribution in [0.15, 0.2) is 56.2 Å². The van der Waals surface area contributed by atoms with Gasteiger partial charge in [-0.05, 0) is 30.7 Å². The number of carbonyl (C=O) groups excluding carboxylic acids is 1. The van der Waals surface area contributed by atoms with Gasteiger partial charge in [-0.2, -0.15) is 4.98 Å². The van der Waals surface area contributed by atoms with Gasteiger partial charge in [-0.1, -0.05) is 46.6 Å². The molecule has 4 rings (SSSR count). The van der Waals surface area contributed by atoms with Crippen LogP contribution < -0.4 is 11.1 Å². The Morgan fingerprint density at radius 3 is 2.93 bits per heavy atom. The number of fused-ring (bicyclic) bond motifs is 1. The second kappa shape index (κ2) is 7.32. The van der Waals surface area contributed by atoms with Gasteiger partial charge in [0.1, 0.15) is 0 Å². The van der Waals surface area contributed by atoms with E-state index in [0.717, 1.165) is 11.1 Å². The zero-order valence-corrected chi connectivity index (χ0v) is 15.6. The molecule has 0 atom stereocenters. The van der Waals surface area contributed by atoms with Crippen LogP contribution in [0.4, 0.5) is 0 Å². The van der Waals surface area contributed by atoms with Gasteiger partial charge in [0, 0.05) is 11.6 Å². The van der Waals surface area contributed by atoms with Gasteiger partial charge in [0.25, 0.3) is 0 Å². The molecule has 0 bridgehead atoms. The van der Waals surface area contributed by atoms with Gasteiger partial charge in [-0.15, -0.1) is 0 Å². The van der Waals surface area contributed by atoms with Crippen LogP contribution >= 0.6 is 11.6 Å². The van der Waals surface area contributed by atoms with Crippen molar-refractivity contribution in [3.8, 4) is 0 Å². The van der Waals surface area contributed by atoms with Crippen LogP contribution in [-0.2, 0) is 13.1 Å². The molecule has 0 unspecified atom stereocenters. The molecule has 0 fully saturated rings. The number of amides is 1. The van der Waals surface area contributed by atoms with Crippen LogP contribution in [0, 0.1) is 6.92 Å². The van der Waals surface area contributed by atoms with Gasteiger partial charge in [-0.25, -0.2) is 4.79 Å². The second-order valence-electron chi connectivity index (χ2n) is 6.25. The number of aryl methyl sites for hydroxylation is 1. The topological polar surface area (TPSA) is 103 Å². The molecule has 9 heteroatoms. The minimum atomic E-state index is -0.576. The Bertz CT molecular complexity index is 1220. The van der Waals surface area contributed by atoms with Gasteiger partial charge < -0.3 is 14.3 Å². The van der Waals surface area contributed by atoms with Crippen LogP contribution in [0.3, 0.4) is 0 Å². The number of nitrogens with one attached hydrogen (secondary N) is 1. The van der Waals surface area contributed by atoms with Crippen LogP contribution in [0.5, 0.6) is 0 Å². The van der Waals surface area contributed by atoms with Crippen LogP contribution in [0.2, 0.25) is 5.02 Å². The van der Waals surface area contributed by atoms with Crippen molar-refractivity contribution in [2.24, 2.45) is 0 Å². The third kappa shape index (κ3) is 3.67. The first-order valence-corrected chi connectivity index (χ1v) is 8.82. The third-order valence-corrected chi connectivity index (χ3v) is 4.36. The highest BCUT2D eigenvalue weighted by atomic mass is 35.5. The summed E-state index contributed by atoms with van der Waals surface area (Å²) in [4.78, 5) is 28.4. The summed E-state index contributed by atoms with van der Waals surface area (Å²) in [6, 6.07) is 12.6. The number of aromatic nitrogens is 3. The molecule has 1 N–H and O–H groups in total. The molecule has 2 aromatic carbocycles. The molecule has 4 aromatic rings. The number of oxazole rings is 1. The molecule has 1 amide bonds. The molecule has 0 saturated heterocycles. The standard InChI is InChI=1S/C19H15ClN4O4/c1-11-3-2-4-12(7-11)9-21-17(25)18-22-16(23-28-18)10-24-14-8-13(20)5-6-15(14)27-19(24)26/h2-8H,9-10H2,1H3,(H,21,25). The van der Waals surface area contributed by atoms with E-state index in [-0.39, 0.29) is 18.3 Å². The van der Waals surface area contributed by atoms with Crippen molar-refractivity contribution in [2.75, 3.05) is 0 Å². The Labute approximate surface area is 163 Å². The maximum absolute atomic E-state index is 12.2. The molecule has 142 valence electrons. The van der Waals surface area contributed by atoms with Gasteiger partial charge in [0.15, 0.2) is 11.4 Å². The molecule has 28 heavy (non-hydrogen) atoms. The van der Waals surface area contributed by atoms with E-state index in [1.54, 1.807) is 18.2 Å². The van der Waals surface area contributed by atoms with Crippen molar-refractivity contribution in [1.29, 1.82) is 0 Å². The highest BCUT2D eigenvalue weighted by molar-refractivity contribution is 6.31. The Balaban J connectivity index is 1.49. The summed E-state index contributed by atoms with van der Waals surface area (Å²) in [5.74, 6) is -1.08. The predicted octanol–water partition coefficient (Wildman–Crippen LogP) is 2.92. The molecule has 0 spiro atoms. The number of hydrogen-bond donors (Lipinski definition) is 1. The van der Waals surface area contributed by atoms with Gasteiger partial charge in [-0.3, -0.25) is 9.36 Å². The molecule has 0 saturated carbocycles. The Kier molecular flexibility index (Phi) is 4.70. The molecule has 0 aliphatic carbocycles. The van der Waals surface area contributed by atoms with E-state index >= 15 is 0 Å². The number of rotatable bonds is 5. The fraction of sp³-hybridized carbons (Fsp3) is 0.158. The van der Waals surface area contributed by atoms with Crippen molar-refractivity contribution in [1.82, 2.24) is 20.0 Å². The Morgan fingerprint density at radius 1 is 1.25 bits per heavy atom. The van der Waals surface area contributed by atoms with Crippen molar-refractivity contribution < 1.29 is 13.7 Å². The van der Waals surface area contributed by atoms with Crippen molar-refractivity contribution >= 4 is 28.6 Å². The van der Waals surface area contributed by atoms with Gasteiger partial charge in [0.2, 0.25) is 0 Å². The van der Waals surface area contributed by atoms with Gasteiger partial charge >= 0.3 is 17.6 Å². The lowest BCUT2D eigenvalue weighted by atomic mass is 10.1. The lowest BCUT2D eigenvalue weighted by molar-refractivity contribution is 0.0907. The maximum Gasteiger partial charge on any atom is 0.420 e. The summed E-state index contributed by atoms with van der Waals surface area (Å²) in [6.07, 6.45) is 0. The quantitative estimate of drug-likeness (QED) is 0.554. The number of benzene rings is 2. The summed E-state index contributed by atoms with van der Waals surface area (Å²) in [5.41, 5.74) is 2.97. The Morgan fingerprint density at radius 2 is 2.11 bits per heavy atom. The van der Waals surface area contributed by atoms with E-state index in [9.17, 15) is 9.59 Å². The van der Waals surface area contributed by atoms with E-state index in [4.69, 9.17) is 20.5 Å². The minimum Gasteiger partial charge on any atom is -0.408 e. The van der Waals surface area contributed by atoms with Crippen LogP contribution in [0.25, 0.3) is 11.1 Å². The lowest BCUT2D eigenvalue weighted by Crippen LogP contribution is -2.23. The van der Waals surface area contributed by atoms with Crippen molar-refractivity contribution in [3.05, 3.63) is 80.9 Å². The number of carbonyl (C=O) groups is 1. The second-order valence-corrected chi connectivity index (χ2v) is 6.69. The first-order chi connectivity index (χ1) is 13.5. The summed E-state index contributed by atoms with van der Waals surface area (Å²) in [6.45, 7) is 2.30. The summed E-state index contributed by atoms with van der Waals surface area (Å²) in [7, 11) is 0. The normalized spacial score (nSPS) is 11.1.